The van der Waals surface area contributed by atoms with Gasteiger partial charge >= 0.3 is 0 Å². The first kappa shape index (κ1) is 10.6. The molecule has 0 saturated carbocycles. The van der Waals surface area contributed by atoms with Crippen molar-refractivity contribution in [3.05, 3.63) is 53.3 Å². The Morgan fingerprint density at radius 1 is 1.31 bits per heavy atom. The molecule has 82 valence electrons. The molecule has 0 atom stereocenters. The first-order valence-electron chi connectivity index (χ1n) is 5.24. The second-order valence-electron chi connectivity index (χ2n) is 3.88. The number of benzene rings is 1. The minimum Gasteiger partial charge on any atom is -0.292 e. The van der Waals surface area contributed by atoms with E-state index >= 15 is 0 Å². The molecule has 3 heteroatoms. The molecule has 1 aromatic heterocycles. The molecule has 1 aromatic carbocycles. The third-order valence-corrected chi connectivity index (χ3v) is 2.50. The van der Waals surface area contributed by atoms with E-state index in [9.17, 15) is 4.79 Å². The fourth-order valence-electron chi connectivity index (χ4n) is 1.74. The van der Waals surface area contributed by atoms with Gasteiger partial charge < -0.3 is 0 Å². The first-order chi connectivity index (χ1) is 7.66. The van der Waals surface area contributed by atoms with Crippen molar-refractivity contribution in [1.82, 2.24) is 9.78 Å². The number of hydrogen-bond acceptors (Lipinski definition) is 2. The van der Waals surface area contributed by atoms with Crippen LogP contribution in [0.25, 0.3) is 0 Å². The lowest BCUT2D eigenvalue weighted by Gasteiger charge is -2.01. The summed E-state index contributed by atoms with van der Waals surface area (Å²) in [5.41, 5.74) is 2.58. The zero-order chi connectivity index (χ0) is 11.5. The molecule has 0 aliphatic rings. The second-order valence-corrected chi connectivity index (χ2v) is 3.88. The van der Waals surface area contributed by atoms with Crippen LogP contribution in [0.4, 0.5) is 0 Å². The Kier molecular flexibility index (Phi) is 2.86. The molecule has 0 aliphatic heterocycles. The number of carbonyl (C=O) groups excluding carboxylic acids is 1. The standard InChI is InChI=1S/C13H14N2O/c1-10-8-12(15(2)14-10)13(16)9-11-6-4-3-5-7-11/h3-8H,9H2,1-2H3. The summed E-state index contributed by atoms with van der Waals surface area (Å²) < 4.78 is 1.64. The highest BCUT2D eigenvalue weighted by atomic mass is 16.1. The van der Waals surface area contributed by atoms with Gasteiger partial charge in [-0.15, -0.1) is 0 Å². The minimum atomic E-state index is 0.106. The number of ketones is 1. The van der Waals surface area contributed by atoms with Crippen LogP contribution in [0.2, 0.25) is 0 Å². The van der Waals surface area contributed by atoms with Gasteiger partial charge in [-0.05, 0) is 18.6 Å². The van der Waals surface area contributed by atoms with Gasteiger partial charge in [0.15, 0.2) is 5.78 Å². The van der Waals surface area contributed by atoms with Crippen LogP contribution in [0.1, 0.15) is 21.7 Å². The van der Waals surface area contributed by atoms with Crippen LogP contribution in [0, 0.1) is 6.92 Å². The normalized spacial score (nSPS) is 10.4. The molecule has 2 aromatic rings. The van der Waals surface area contributed by atoms with Gasteiger partial charge in [-0.3, -0.25) is 9.48 Å². The molecule has 0 amide bonds. The molecule has 0 aliphatic carbocycles. The maximum atomic E-state index is 12.0. The molecular weight excluding hydrogens is 200 g/mol. The smallest absolute Gasteiger partial charge is 0.185 e. The maximum absolute atomic E-state index is 12.0. The fourth-order valence-corrected chi connectivity index (χ4v) is 1.74. The molecule has 0 fully saturated rings. The summed E-state index contributed by atoms with van der Waals surface area (Å²) in [7, 11) is 1.80. The lowest BCUT2D eigenvalue weighted by molar-refractivity contribution is 0.0984. The SMILES string of the molecule is Cc1cc(C(=O)Cc2ccccc2)n(C)n1. The van der Waals surface area contributed by atoms with E-state index in [1.807, 2.05) is 43.3 Å². The van der Waals surface area contributed by atoms with E-state index in [-0.39, 0.29) is 5.78 Å². The van der Waals surface area contributed by atoms with Crippen molar-refractivity contribution in [2.75, 3.05) is 0 Å². The summed E-state index contributed by atoms with van der Waals surface area (Å²) >= 11 is 0. The van der Waals surface area contributed by atoms with Crippen molar-refractivity contribution in [1.29, 1.82) is 0 Å². The Hall–Kier alpha value is -1.90. The van der Waals surface area contributed by atoms with Gasteiger partial charge in [-0.25, -0.2) is 0 Å². The second kappa shape index (κ2) is 4.31. The predicted octanol–water partition coefficient (Wildman–Crippen LogP) is 2.15. The third-order valence-electron chi connectivity index (χ3n) is 2.50. The number of hydrogen-bond donors (Lipinski definition) is 0. The quantitative estimate of drug-likeness (QED) is 0.734. The average Bonchev–Trinajstić information content (AvgIpc) is 2.59. The largest absolute Gasteiger partial charge is 0.292 e. The molecule has 3 nitrogen and oxygen atoms in total. The maximum Gasteiger partial charge on any atom is 0.185 e. The van der Waals surface area contributed by atoms with Crippen LogP contribution >= 0.6 is 0 Å². The zero-order valence-corrected chi connectivity index (χ0v) is 9.47. The van der Waals surface area contributed by atoms with Crippen molar-refractivity contribution in [3.8, 4) is 0 Å². The minimum absolute atomic E-state index is 0.106. The van der Waals surface area contributed by atoms with Crippen molar-refractivity contribution >= 4 is 5.78 Å². The molecule has 16 heavy (non-hydrogen) atoms. The monoisotopic (exact) mass is 214 g/mol. The first-order valence-corrected chi connectivity index (χ1v) is 5.24. The van der Waals surface area contributed by atoms with Gasteiger partial charge in [0.25, 0.3) is 0 Å². The van der Waals surface area contributed by atoms with Gasteiger partial charge in [-0.2, -0.15) is 5.10 Å². The van der Waals surface area contributed by atoms with Gasteiger partial charge in [-0.1, -0.05) is 30.3 Å². The van der Waals surface area contributed by atoms with E-state index in [1.54, 1.807) is 11.7 Å². The van der Waals surface area contributed by atoms with E-state index in [2.05, 4.69) is 5.10 Å². The van der Waals surface area contributed by atoms with E-state index in [0.29, 0.717) is 12.1 Å². The van der Waals surface area contributed by atoms with Gasteiger partial charge in [0.05, 0.1) is 5.69 Å². The third kappa shape index (κ3) is 2.19. The lowest BCUT2D eigenvalue weighted by atomic mass is 10.1. The summed E-state index contributed by atoms with van der Waals surface area (Å²) in [6.07, 6.45) is 0.430. The Balaban J connectivity index is 2.18. The molecular formula is C13H14N2O. The van der Waals surface area contributed by atoms with Crippen LogP contribution in [0.3, 0.4) is 0 Å². The van der Waals surface area contributed by atoms with Crippen molar-refractivity contribution in [3.63, 3.8) is 0 Å². The Morgan fingerprint density at radius 3 is 2.56 bits per heavy atom. The Bertz CT molecular complexity index is 500. The van der Waals surface area contributed by atoms with Crippen molar-refractivity contribution < 1.29 is 4.79 Å². The molecule has 0 bridgehead atoms. The molecule has 0 saturated heterocycles. The Labute approximate surface area is 94.7 Å². The molecule has 0 spiro atoms. The zero-order valence-electron chi connectivity index (χ0n) is 9.47. The number of aromatic nitrogens is 2. The Morgan fingerprint density at radius 2 is 2.00 bits per heavy atom. The summed E-state index contributed by atoms with van der Waals surface area (Å²) in [6, 6.07) is 11.6. The summed E-state index contributed by atoms with van der Waals surface area (Å²) in [5.74, 6) is 0.106. The number of Topliss-reactive ketones (excluding diaryl/α,β-unsaturated/α-hetero) is 1. The molecule has 1 heterocycles. The van der Waals surface area contributed by atoms with Gasteiger partial charge in [0, 0.05) is 13.5 Å². The highest BCUT2D eigenvalue weighted by Crippen LogP contribution is 2.08. The summed E-state index contributed by atoms with van der Waals surface area (Å²) in [6.45, 7) is 1.89. The number of nitrogens with zero attached hydrogens (tertiary/aromatic N) is 2. The molecule has 2 rings (SSSR count). The summed E-state index contributed by atoms with van der Waals surface area (Å²) in [4.78, 5) is 12.0. The number of aryl methyl sites for hydroxylation is 2. The lowest BCUT2D eigenvalue weighted by Crippen LogP contribution is -2.09. The van der Waals surface area contributed by atoms with E-state index in [0.717, 1.165) is 11.3 Å². The van der Waals surface area contributed by atoms with Crippen LogP contribution in [0.5, 0.6) is 0 Å². The van der Waals surface area contributed by atoms with Crippen LogP contribution in [-0.2, 0) is 13.5 Å². The number of carbonyl (C=O) groups is 1. The van der Waals surface area contributed by atoms with Gasteiger partial charge in [0.1, 0.15) is 5.69 Å². The predicted molar refractivity (Wildman–Crippen MR) is 62.4 cm³/mol. The van der Waals surface area contributed by atoms with Crippen LogP contribution in [0.15, 0.2) is 36.4 Å². The topological polar surface area (TPSA) is 34.9 Å². The van der Waals surface area contributed by atoms with Crippen molar-refractivity contribution in [2.45, 2.75) is 13.3 Å². The number of rotatable bonds is 3. The highest BCUT2D eigenvalue weighted by Gasteiger charge is 2.11. The molecule has 0 N–H and O–H groups in total. The van der Waals surface area contributed by atoms with E-state index in [1.165, 1.54) is 0 Å². The van der Waals surface area contributed by atoms with Gasteiger partial charge in [0.2, 0.25) is 0 Å². The van der Waals surface area contributed by atoms with E-state index < -0.39 is 0 Å². The highest BCUT2D eigenvalue weighted by molar-refractivity contribution is 5.96. The van der Waals surface area contributed by atoms with E-state index in [4.69, 9.17) is 0 Å². The van der Waals surface area contributed by atoms with Crippen LogP contribution < -0.4 is 0 Å². The molecule has 0 unspecified atom stereocenters. The summed E-state index contributed by atoms with van der Waals surface area (Å²) in [5, 5.41) is 4.17. The average molecular weight is 214 g/mol. The van der Waals surface area contributed by atoms with Crippen LogP contribution in [-0.4, -0.2) is 15.6 Å². The van der Waals surface area contributed by atoms with Crippen molar-refractivity contribution in [2.24, 2.45) is 7.05 Å². The fraction of sp³-hybridized carbons (Fsp3) is 0.231. The molecule has 0 radical (unpaired) electrons.